The molecule has 2 amide bonds. The fourth-order valence-electron chi connectivity index (χ4n) is 1.70. The summed E-state index contributed by atoms with van der Waals surface area (Å²) in [7, 11) is 0. The number of carbonyl (C=O) groups is 3. The Hall–Kier alpha value is -2.37. The van der Waals surface area contributed by atoms with Gasteiger partial charge in [-0.25, -0.2) is 4.79 Å². The van der Waals surface area contributed by atoms with E-state index in [0.717, 1.165) is 0 Å². The highest BCUT2D eigenvalue weighted by Crippen LogP contribution is 2.08. The summed E-state index contributed by atoms with van der Waals surface area (Å²) < 4.78 is 0. The fraction of sp³-hybridized carbons (Fsp3) is 0.357. The van der Waals surface area contributed by atoms with Crippen LogP contribution in [-0.4, -0.2) is 46.9 Å². The molecule has 1 aromatic rings. The van der Waals surface area contributed by atoms with Crippen molar-refractivity contribution in [2.75, 3.05) is 13.1 Å². The van der Waals surface area contributed by atoms with E-state index in [9.17, 15) is 14.4 Å². The monoisotopic (exact) mass is 278 g/mol. The average molecular weight is 278 g/mol. The number of rotatable bonds is 6. The Kier molecular flexibility index (Phi) is 5.71. The molecule has 20 heavy (non-hydrogen) atoms. The zero-order chi connectivity index (χ0) is 15.1. The van der Waals surface area contributed by atoms with Crippen molar-refractivity contribution in [1.29, 1.82) is 0 Å². The van der Waals surface area contributed by atoms with Crippen LogP contribution in [0.4, 0.5) is 0 Å². The Bertz CT molecular complexity index is 487. The van der Waals surface area contributed by atoms with Crippen LogP contribution < -0.4 is 5.32 Å². The van der Waals surface area contributed by atoms with Crippen molar-refractivity contribution >= 4 is 17.8 Å². The van der Waals surface area contributed by atoms with Crippen LogP contribution in [0.15, 0.2) is 30.3 Å². The standard InChI is InChI=1S/C14H18N2O4/c1-10(14(19)20)16(9-8-15-11(2)17)13(18)12-6-4-3-5-7-12/h3-7,10H,8-9H2,1-2H3,(H,15,17)(H,19,20). The van der Waals surface area contributed by atoms with Crippen LogP contribution in [-0.2, 0) is 9.59 Å². The largest absolute Gasteiger partial charge is 0.480 e. The lowest BCUT2D eigenvalue weighted by Gasteiger charge is -2.26. The molecule has 0 spiro atoms. The number of nitrogens with zero attached hydrogens (tertiary/aromatic N) is 1. The van der Waals surface area contributed by atoms with Gasteiger partial charge in [0.2, 0.25) is 5.91 Å². The van der Waals surface area contributed by atoms with Gasteiger partial charge in [-0.2, -0.15) is 0 Å². The highest BCUT2D eigenvalue weighted by molar-refractivity contribution is 5.96. The summed E-state index contributed by atoms with van der Waals surface area (Å²) in [6, 6.07) is 7.50. The number of carbonyl (C=O) groups excluding carboxylic acids is 2. The van der Waals surface area contributed by atoms with Gasteiger partial charge >= 0.3 is 5.97 Å². The summed E-state index contributed by atoms with van der Waals surface area (Å²) in [6.45, 7) is 3.16. The minimum atomic E-state index is -1.09. The molecule has 1 unspecified atom stereocenters. The van der Waals surface area contributed by atoms with Crippen molar-refractivity contribution in [2.45, 2.75) is 19.9 Å². The second-order valence-corrected chi connectivity index (χ2v) is 4.36. The van der Waals surface area contributed by atoms with E-state index in [0.29, 0.717) is 5.56 Å². The maximum atomic E-state index is 12.3. The van der Waals surface area contributed by atoms with E-state index in [1.807, 2.05) is 0 Å². The van der Waals surface area contributed by atoms with Crippen molar-refractivity contribution in [3.05, 3.63) is 35.9 Å². The van der Waals surface area contributed by atoms with Crippen LogP contribution >= 0.6 is 0 Å². The van der Waals surface area contributed by atoms with Crippen LogP contribution in [0.1, 0.15) is 24.2 Å². The van der Waals surface area contributed by atoms with E-state index in [4.69, 9.17) is 5.11 Å². The Morgan fingerprint density at radius 2 is 1.85 bits per heavy atom. The highest BCUT2D eigenvalue weighted by atomic mass is 16.4. The third-order valence-corrected chi connectivity index (χ3v) is 2.83. The Labute approximate surface area is 117 Å². The quantitative estimate of drug-likeness (QED) is 0.803. The molecule has 108 valence electrons. The van der Waals surface area contributed by atoms with Gasteiger partial charge in [-0.3, -0.25) is 9.59 Å². The molecule has 0 aliphatic rings. The number of amides is 2. The molecule has 0 heterocycles. The van der Waals surface area contributed by atoms with E-state index in [2.05, 4.69) is 5.32 Å². The summed E-state index contributed by atoms with van der Waals surface area (Å²) in [5, 5.41) is 11.6. The Morgan fingerprint density at radius 3 is 2.35 bits per heavy atom. The van der Waals surface area contributed by atoms with Crippen LogP contribution in [0.5, 0.6) is 0 Å². The molecule has 0 aliphatic heterocycles. The number of carboxylic acids is 1. The SMILES string of the molecule is CC(=O)NCCN(C(=O)c1ccccc1)C(C)C(=O)O. The number of carboxylic acid groups (broad SMARTS) is 1. The number of hydrogen-bond acceptors (Lipinski definition) is 3. The molecule has 0 saturated heterocycles. The second kappa shape index (κ2) is 7.28. The van der Waals surface area contributed by atoms with Crippen molar-refractivity contribution in [1.82, 2.24) is 10.2 Å². The van der Waals surface area contributed by atoms with Gasteiger partial charge in [0, 0.05) is 25.6 Å². The molecule has 0 saturated carbocycles. The molecule has 0 radical (unpaired) electrons. The first-order valence-corrected chi connectivity index (χ1v) is 6.26. The van der Waals surface area contributed by atoms with Gasteiger partial charge in [0.15, 0.2) is 0 Å². The van der Waals surface area contributed by atoms with Gasteiger partial charge in [-0.1, -0.05) is 18.2 Å². The zero-order valence-corrected chi connectivity index (χ0v) is 11.5. The number of hydrogen-bond donors (Lipinski definition) is 2. The van der Waals surface area contributed by atoms with E-state index < -0.39 is 12.0 Å². The first-order valence-electron chi connectivity index (χ1n) is 6.26. The first-order chi connectivity index (χ1) is 9.43. The minimum absolute atomic E-state index is 0.140. The summed E-state index contributed by atoms with van der Waals surface area (Å²) in [5.41, 5.74) is 0.420. The molecule has 0 bridgehead atoms. The van der Waals surface area contributed by atoms with Crippen LogP contribution in [0.25, 0.3) is 0 Å². The lowest BCUT2D eigenvalue weighted by atomic mass is 10.1. The zero-order valence-electron chi connectivity index (χ0n) is 11.5. The molecule has 1 atom stereocenters. The normalized spacial score (nSPS) is 11.5. The number of aliphatic carboxylic acids is 1. The Balaban J connectivity index is 2.84. The lowest BCUT2D eigenvalue weighted by Crippen LogP contribution is -2.46. The average Bonchev–Trinajstić information content (AvgIpc) is 2.43. The summed E-state index contributed by atoms with van der Waals surface area (Å²) in [4.78, 5) is 35.5. The predicted octanol–water partition coefficient (Wildman–Crippen LogP) is 0.738. The van der Waals surface area contributed by atoms with Gasteiger partial charge < -0.3 is 15.3 Å². The molecular formula is C14H18N2O4. The maximum Gasteiger partial charge on any atom is 0.326 e. The number of nitrogens with one attached hydrogen (secondary N) is 1. The van der Waals surface area contributed by atoms with Crippen molar-refractivity contribution < 1.29 is 19.5 Å². The third-order valence-electron chi connectivity index (χ3n) is 2.83. The molecule has 1 rings (SSSR count). The molecule has 6 nitrogen and oxygen atoms in total. The highest BCUT2D eigenvalue weighted by Gasteiger charge is 2.25. The molecule has 0 aromatic heterocycles. The summed E-state index contributed by atoms with van der Waals surface area (Å²) in [6.07, 6.45) is 0. The van der Waals surface area contributed by atoms with Gasteiger partial charge in [0.05, 0.1) is 0 Å². The van der Waals surface area contributed by atoms with Crippen molar-refractivity contribution in [3.63, 3.8) is 0 Å². The summed E-state index contributed by atoms with van der Waals surface area (Å²) in [5.74, 6) is -1.68. The molecule has 2 N–H and O–H groups in total. The molecule has 0 fully saturated rings. The van der Waals surface area contributed by atoms with E-state index >= 15 is 0 Å². The van der Waals surface area contributed by atoms with Crippen molar-refractivity contribution in [3.8, 4) is 0 Å². The predicted molar refractivity (Wildman–Crippen MR) is 73.3 cm³/mol. The first kappa shape index (κ1) is 15.7. The fourth-order valence-corrected chi connectivity index (χ4v) is 1.70. The molecular weight excluding hydrogens is 260 g/mol. The van der Waals surface area contributed by atoms with Gasteiger partial charge in [0.1, 0.15) is 6.04 Å². The van der Waals surface area contributed by atoms with Gasteiger partial charge in [0.25, 0.3) is 5.91 Å². The summed E-state index contributed by atoms with van der Waals surface area (Å²) >= 11 is 0. The van der Waals surface area contributed by atoms with E-state index in [-0.39, 0.29) is 24.9 Å². The van der Waals surface area contributed by atoms with Gasteiger partial charge in [-0.15, -0.1) is 0 Å². The van der Waals surface area contributed by atoms with Crippen molar-refractivity contribution in [2.24, 2.45) is 0 Å². The van der Waals surface area contributed by atoms with Crippen LogP contribution in [0.2, 0.25) is 0 Å². The number of benzene rings is 1. The molecule has 6 heteroatoms. The Morgan fingerprint density at radius 1 is 1.25 bits per heavy atom. The van der Waals surface area contributed by atoms with E-state index in [1.54, 1.807) is 30.3 Å². The second-order valence-electron chi connectivity index (χ2n) is 4.36. The van der Waals surface area contributed by atoms with Crippen LogP contribution in [0.3, 0.4) is 0 Å². The third kappa shape index (κ3) is 4.38. The smallest absolute Gasteiger partial charge is 0.326 e. The molecule has 1 aromatic carbocycles. The topological polar surface area (TPSA) is 86.7 Å². The van der Waals surface area contributed by atoms with Crippen LogP contribution in [0, 0.1) is 0 Å². The van der Waals surface area contributed by atoms with Gasteiger partial charge in [-0.05, 0) is 19.1 Å². The maximum absolute atomic E-state index is 12.3. The molecule has 0 aliphatic carbocycles. The minimum Gasteiger partial charge on any atom is -0.480 e. The van der Waals surface area contributed by atoms with E-state index in [1.165, 1.54) is 18.7 Å². The lowest BCUT2D eigenvalue weighted by molar-refractivity contribution is -0.141.